The van der Waals surface area contributed by atoms with Gasteiger partial charge in [0.05, 0.1) is 17.2 Å². The molecule has 0 bridgehead atoms. The van der Waals surface area contributed by atoms with Crippen molar-refractivity contribution in [3.05, 3.63) is 65.2 Å². The van der Waals surface area contributed by atoms with Crippen molar-refractivity contribution < 1.29 is 9.53 Å². The molecular formula is C24H29NO2. The SMILES string of the molecule is CCCCCCCCCCc1ccc(C(=O)Oc2ccc(C#N)cc2)cc1. The van der Waals surface area contributed by atoms with E-state index in [2.05, 4.69) is 6.92 Å². The van der Waals surface area contributed by atoms with Gasteiger partial charge in [-0.3, -0.25) is 0 Å². The number of nitrogens with zero attached hydrogens (tertiary/aromatic N) is 1. The van der Waals surface area contributed by atoms with Crippen molar-refractivity contribution in [1.29, 1.82) is 5.26 Å². The number of aryl methyl sites for hydroxylation is 1. The zero-order valence-corrected chi connectivity index (χ0v) is 16.2. The van der Waals surface area contributed by atoms with Crippen LogP contribution in [0.5, 0.6) is 5.75 Å². The predicted octanol–water partition coefficient (Wildman–Crippen LogP) is 6.46. The minimum Gasteiger partial charge on any atom is -0.423 e. The lowest BCUT2D eigenvalue weighted by Gasteiger charge is -2.06. The molecule has 0 saturated heterocycles. The topological polar surface area (TPSA) is 50.1 Å². The van der Waals surface area contributed by atoms with Crippen molar-refractivity contribution in [1.82, 2.24) is 0 Å². The molecule has 0 atom stereocenters. The van der Waals surface area contributed by atoms with Crippen LogP contribution < -0.4 is 4.74 Å². The second kappa shape index (κ2) is 11.9. The van der Waals surface area contributed by atoms with Gasteiger partial charge in [0.15, 0.2) is 0 Å². The van der Waals surface area contributed by atoms with Crippen molar-refractivity contribution in [2.75, 3.05) is 0 Å². The average molecular weight is 364 g/mol. The predicted molar refractivity (Wildman–Crippen MR) is 109 cm³/mol. The quantitative estimate of drug-likeness (QED) is 0.261. The molecule has 0 spiro atoms. The smallest absolute Gasteiger partial charge is 0.343 e. The third kappa shape index (κ3) is 7.66. The number of unbranched alkanes of at least 4 members (excludes halogenated alkanes) is 7. The van der Waals surface area contributed by atoms with Gasteiger partial charge < -0.3 is 4.74 Å². The van der Waals surface area contributed by atoms with Crippen molar-refractivity contribution in [3.8, 4) is 11.8 Å². The lowest BCUT2D eigenvalue weighted by atomic mass is 10.0. The summed E-state index contributed by atoms with van der Waals surface area (Å²) in [5.74, 6) is 0.0698. The van der Waals surface area contributed by atoms with E-state index < -0.39 is 0 Å². The molecule has 3 nitrogen and oxygen atoms in total. The average Bonchev–Trinajstić information content (AvgIpc) is 2.71. The summed E-state index contributed by atoms with van der Waals surface area (Å²) in [5, 5.41) is 8.79. The minimum absolute atomic E-state index is 0.377. The summed E-state index contributed by atoms with van der Waals surface area (Å²) in [6.45, 7) is 2.25. The van der Waals surface area contributed by atoms with E-state index in [9.17, 15) is 4.79 Å². The van der Waals surface area contributed by atoms with Gasteiger partial charge in [-0.25, -0.2) is 4.79 Å². The Kier molecular flexibility index (Phi) is 9.13. The number of benzene rings is 2. The fourth-order valence-electron chi connectivity index (χ4n) is 3.03. The van der Waals surface area contributed by atoms with E-state index in [0.717, 1.165) is 6.42 Å². The molecule has 2 rings (SSSR count). The van der Waals surface area contributed by atoms with Crippen molar-refractivity contribution in [2.24, 2.45) is 0 Å². The normalized spacial score (nSPS) is 10.4. The van der Waals surface area contributed by atoms with Crippen LogP contribution in [0.3, 0.4) is 0 Å². The Morgan fingerprint density at radius 3 is 2.04 bits per heavy atom. The minimum atomic E-state index is -0.377. The van der Waals surface area contributed by atoms with E-state index in [1.54, 1.807) is 24.3 Å². The monoisotopic (exact) mass is 363 g/mol. The fraction of sp³-hybridized carbons (Fsp3) is 0.417. The molecule has 0 unspecified atom stereocenters. The van der Waals surface area contributed by atoms with Gasteiger partial charge in [-0.1, -0.05) is 64.0 Å². The Bertz CT molecular complexity index is 726. The summed E-state index contributed by atoms with van der Waals surface area (Å²) in [6.07, 6.45) is 11.6. The fourth-order valence-corrected chi connectivity index (χ4v) is 3.03. The number of ether oxygens (including phenoxy) is 1. The first kappa shape index (κ1) is 20.7. The summed E-state index contributed by atoms with van der Waals surface area (Å²) in [4.78, 5) is 12.2. The molecule has 0 heterocycles. The van der Waals surface area contributed by atoms with Gasteiger partial charge >= 0.3 is 5.97 Å². The summed E-state index contributed by atoms with van der Waals surface area (Å²) in [7, 11) is 0. The molecule has 3 heteroatoms. The van der Waals surface area contributed by atoms with E-state index in [0.29, 0.717) is 16.9 Å². The number of rotatable bonds is 11. The number of nitriles is 1. The maximum atomic E-state index is 12.2. The molecule has 0 radical (unpaired) electrons. The Balaban J connectivity index is 1.70. The molecule has 27 heavy (non-hydrogen) atoms. The van der Waals surface area contributed by atoms with Gasteiger partial charge in [0.1, 0.15) is 5.75 Å². The molecule has 0 fully saturated rings. The lowest BCUT2D eigenvalue weighted by molar-refractivity contribution is 0.0734. The molecule has 0 N–H and O–H groups in total. The van der Waals surface area contributed by atoms with Gasteiger partial charge in [0.2, 0.25) is 0 Å². The van der Waals surface area contributed by atoms with Crippen LogP contribution in [0.2, 0.25) is 0 Å². The Labute approximate surface area is 163 Å². The number of carbonyl (C=O) groups is 1. The standard InChI is InChI=1S/C24H29NO2/c1-2-3-4-5-6-7-8-9-10-20-11-15-22(16-12-20)24(26)27-23-17-13-21(19-25)14-18-23/h11-18H,2-10H2,1H3. The zero-order valence-electron chi connectivity index (χ0n) is 16.2. The van der Waals surface area contributed by atoms with Crippen LogP contribution in [0.1, 0.15) is 79.8 Å². The number of esters is 1. The Morgan fingerprint density at radius 2 is 1.44 bits per heavy atom. The van der Waals surface area contributed by atoms with Gasteiger partial charge in [-0.05, 0) is 54.8 Å². The van der Waals surface area contributed by atoms with Crippen LogP contribution in [0.25, 0.3) is 0 Å². The Morgan fingerprint density at radius 1 is 0.852 bits per heavy atom. The molecule has 2 aromatic carbocycles. The van der Waals surface area contributed by atoms with Crippen LogP contribution in [0.4, 0.5) is 0 Å². The van der Waals surface area contributed by atoms with E-state index in [1.807, 2.05) is 30.3 Å². The summed E-state index contributed by atoms with van der Waals surface area (Å²) in [5.41, 5.74) is 2.34. The van der Waals surface area contributed by atoms with E-state index in [1.165, 1.54) is 56.9 Å². The van der Waals surface area contributed by atoms with E-state index >= 15 is 0 Å². The molecule has 2 aromatic rings. The van der Waals surface area contributed by atoms with Gasteiger partial charge in [0.25, 0.3) is 0 Å². The molecule has 0 aliphatic heterocycles. The van der Waals surface area contributed by atoms with Crippen molar-refractivity contribution >= 4 is 5.97 Å². The third-order valence-corrected chi connectivity index (χ3v) is 4.70. The molecule has 0 aliphatic rings. The highest BCUT2D eigenvalue weighted by Gasteiger charge is 2.08. The number of carbonyl (C=O) groups excluding carboxylic acids is 1. The van der Waals surface area contributed by atoms with Crippen LogP contribution in [0, 0.1) is 11.3 Å². The van der Waals surface area contributed by atoms with Crippen LogP contribution in [-0.2, 0) is 6.42 Å². The first-order chi connectivity index (χ1) is 13.2. The maximum Gasteiger partial charge on any atom is 0.343 e. The second-order valence-corrected chi connectivity index (χ2v) is 6.95. The number of hydrogen-bond donors (Lipinski definition) is 0. The van der Waals surface area contributed by atoms with Gasteiger partial charge in [-0.15, -0.1) is 0 Å². The van der Waals surface area contributed by atoms with Gasteiger partial charge in [-0.2, -0.15) is 5.26 Å². The molecule has 142 valence electrons. The van der Waals surface area contributed by atoms with Crippen LogP contribution >= 0.6 is 0 Å². The lowest BCUT2D eigenvalue weighted by Crippen LogP contribution is -2.08. The highest BCUT2D eigenvalue weighted by molar-refractivity contribution is 5.91. The van der Waals surface area contributed by atoms with Crippen molar-refractivity contribution in [2.45, 2.75) is 64.7 Å². The first-order valence-electron chi connectivity index (χ1n) is 10.0. The molecule has 0 aromatic heterocycles. The largest absolute Gasteiger partial charge is 0.423 e. The summed E-state index contributed by atoms with van der Waals surface area (Å²) < 4.78 is 5.34. The molecular weight excluding hydrogens is 334 g/mol. The molecule has 0 aliphatic carbocycles. The zero-order chi connectivity index (χ0) is 19.3. The van der Waals surface area contributed by atoms with Crippen LogP contribution in [-0.4, -0.2) is 5.97 Å². The highest BCUT2D eigenvalue weighted by atomic mass is 16.5. The highest BCUT2D eigenvalue weighted by Crippen LogP contribution is 2.16. The maximum absolute atomic E-state index is 12.2. The van der Waals surface area contributed by atoms with Crippen LogP contribution in [0.15, 0.2) is 48.5 Å². The molecule has 0 amide bonds. The third-order valence-electron chi connectivity index (χ3n) is 4.70. The van der Waals surface area contributed by atoms with E-state index in [4.69, 9.17) is 10.00 Å². The van der Waals surface area contributed by atoms with E-state index in [-0.39, 0.29) is 5.97 Å². The first-order valence-corrected chi connectivity index (χ1v) is 10.0. The summed E-state index contributed by atoms with van der Waals surface area (Å²) in [6, 6.07) is 16.2. The number of hydrogen-bond acceptors (Lipinski definition) is 3. The summed E-state index contributed by atoms with van der Waals surface area (Å²) >= 11 is 0. The van der Waals surface area contributed by atoms with Gasteiger partial charge in [0, 0.05) is 0 Å². The molecule has 0 saturated carbocycles. The second-order valence-electron chi connectivity index (χ2n) is 6.95. The Hall–Kier alpha value is -2.60. The van der Waals surface area contributed by atoms with Crippen molar-refractivity contribution in [3.63, 3.8) is 0 Å².